The molecule has 0 spiro atoms. The van der Waals surface area contributed by atoms with Crippen LogP contribution in [0, 0.1) is 6.92 Å². The second-order valence-electron chi connectivity index (χ2n) is 12.4. The molecule has 1 aromatic carbocycles. The molecule has 3 fully saturated rings. The predicted octanol–water partition coefficient (Wildman–Crippen LogP) is 4.60. The number of hydrogen-bond acceptors (Lipinski definition) is 11. The number of imidazole rings is 1. The van der Waals surface area contributed by atoms with Crippen LogP contribution in [0.5, 0.6) is 5.75 Å². The van der Waals surface area contributed by atoms with E-state index in [0.29, 0.717) is 34.9 Å². The van der Waals surface area contributed by atoms with Crippen molar-refractivity contribution in [1.29, 1.82) is 0 Å². The van der Waals surface area contributed by atoms with Gasteiger partial charge in [0.25, 0.3) is 0 Å². The van der Waals surface area contributed by atoms with Crippen LogP contribution in [0.25, 0.3) is 11.2 Å². The van der Waals surface area contributed by atoms with Crippen LogP contribution in [0.15, 0.2) is 36.7 Å². The maximum atomic E-state index is 16.0. The molecule has 13 nitrogen and oxygen atoms in total. The number of alkyl halides is 2. The molecule has 2 saturated carbocycles. The van der Waals surface area contributed by atoms with Crippen LogP contribution in [-0.4, -0.2) is 85.2 Å². The molecule has 1 aliphatic heterocycles. The first-order chi connectivity index (χ1) is 21.9. The zero-order valence-corrected chi connectivity index (χ0v) is 27.7. The second kappa shape index (κ2) is 13.0. The van der Waals surface area contributed by atoms with Crippen molar-refractivity contribution in [3.05, 3.63) is 42.5 Å². The van der Waals surface area contributed by atoms with E-state index in [9.17, 15) is 14.5 Å². The van der Waals surface area contributed by atoms with Crippen LogP contribution >= 0.6 is 19.3 Å². The average Bonchev–Trinajstić information content (AvgIpc) is 3.96. The summed E-state index contributed by atoms with van der Waals surface area (Å²) in [6, 6.07) is 7.86. The molecule has 2 N–H and O–H groups in total. The summed E-state index contributed by atoms with van der Waals surface area (Å²) < 4.78 is 54.4. The van der Waals surface area contributed by atoms with E-state index in [0.717, 1.165) is 25.7 Å². The molecular weight excluding hydrogens is 642 g/mol. The summed E-state index contributed by atoms with van der Waals surface area (Å²) in [5, 5.41) is 13.8. The van der Waals surface area contributed by atoms with Gasteiger partial charge in [0, 0.05) is 12.1 Å². The van der Waals surface area contributed by atoms with Gasteiger partial charge in [0.05, 0.1) is 24.9 Å². The van der Waals surface area contributed by atoms with Crippen molar-refractivity contribution in [2.24, 2.45) is 0 Å². The summed E-state index contributed by atoms with van der Waals surface area (Å²) in [6.45, 7) is 5.92. The Kier molecular flexibility index (Phi) is 9.32. The number of aliphatic hydroxyl groups excluding tert-OH is 1. The van der Waals surface area contributed by atoms with E-state index in [4.69, 9.17) is 35.1 Å². The Hall–Kier alpha value is -2.87. The van der Waals surface area contributed by atoms with E-state index in [1.807, 2.05) is 0 Å². The minimum absolute atomic E-state index is 0.180. The first kappa shape index (κ1) is 33.0. The quantitative estimate of drug-likeness (QED) is 0.139. The molecule has 1 saturated heterocycles. The Balaban J connectivity index is 1.26. The van der Waals surface area contributed by atoms with Crippen LogP contribution in [0.1, 0.15) is 58.5 Å². The Morgan fingerprint density at radius 3 is 2.50 bits per heavy atom. The van der Waals surface area contributed by atoms with Crippen LogP contribution in [0.4, 0.5) is 10.2 Å². The van der Waals surface area contributed by atoms with Crippen LogP contribution in [-0.2, 0) is 23.4 Å². The number of hydrogen-bond donors (Lipinski definition) is 2. The fourth-order valence-corrected chi connectivity index (χ4v) is 7.40. The fraction of sp³-hybridized carbons (Fsp3) is 0.600. The molecule has 0 bridgehead atoms. The van der Waals surface area contributed by atoms with Crippen LogP contribution < -0.4 is 14.5 Å². The largest absolute Gasteiger partial charge is 0.462 e. The smallest absolute Gasteiger partial charge is 0.459 e. The molecule has 6 rings (SSSR count). The van der Waals surface area contributed by atoms with Gasteiger partial charge in [0.1, 0.15) is 29.3 Å². The van der Waals surface area contributed by atoms with E-state index in [1.165, 1.54) is 17.8 Å². The van der Waals surface area contributed by atoms with Gasteiger partial charge in [0.15, 0.2) is 29.4 Å². The topological polar surface area (TPSA) is 150 Å². The number of fused-ring (bicyclic) bond motifs is 1. The van der Waals surface area contributed by atoms with Gasteiger partial charge in [-0.1, -0.05) is 18.2 Å². The number of benzene rings is 1. The molecule has 0 amide bonds. The minimum Gasteiger partial charge on any atom is -0.462 e. The summed E-state index contributed by atoms with van der Waals surface area (Å²) in [7, 11) is -4.37. The normalized spacial score (nSPS) is 26.7. The monoisotopic (exact) mass is 680 g/mol. The average molecular weight is 681 g/mol. The Bertz CT molecular complexity index is 1600. The van der Waals surface area contributed by atoms with E-state index < -0.39 is 62.5 Å². The maximum Gasteiger partial charge on any atom is 0.459 e. The van der Waals surface area contributed by atoms with E-state index in [1.54, 1.807) is 51.1 Å². The number of aliphatic hydroxyl groups is 1. The van der Waals surface area contributed by atoms with Crippen molar-refractivity contribution < 1.29 is 37.4 Å². The van der Waals surface area contributed by atoms with Gasteiger partial charge in [-0.3, -0.25) is 13.9 Å². The first-order valence-corrected chi connectivity index (χ1v) is 17.5. The van der Waals surface area contributed by atoms with E-state index >= 15 is 4.39 Å². The highest BCUT2D eigenvalue weighted by atomic mass is 35.5. The molecule has 16 heteroatoms. The number of para-hydroxylation sites is 1. The number of anilines is 1. The van der Waals surface area contributed by atoms with Gasteiger partial charge in [-0.25, -0.2) is 23.9 Å². The lowest BCUT2D eigenvalue weighted by atomic mass is 9.99. The van der Waals surface area contributed by atoms with Gasteiger partial charge in [-0.05, 0) is 65.5 Å². The molecule has 3 heterocycles. The third-order valence-corrected chi connectivity index (χ3v) is 10.2. The SMILES string of the molecule is Cc1nc(N(C2CC2)C2CC2)c2ncn([C@@H]3O[C@](CCl)(COP(=O)(N[C@@H](C)C(=O)OC(C)C)Oc4ccccc4)[C@@H](O)[C@H]3F)c2n1. The fourth-order valence-electron chi connectivity index (χ4n) is 5.55. The van der Waals surface area contributed by atoms with Crippen molar-refractivity contribution in [3.63, 3.8) is 0 Å². The van der Waals surface area contributed by atoms with Crippen molar-refractivity contribution in [2.45, 2.75) is 102 Å². The molecular formula is C30H39ClFN6O7P. The van der Waals surface area contributed by atoms with E-state index in [-0.39, 0.29) is 5.75 Å². The Morgan fingerprint density at radius 2 is 1.89 bits per heavy atom. The maximum absolute atomic E-state index is 16.0. The lowest BCUT2D eigenvalue weighted by Gasteiger charge is -2.31. The number of carbonyl (C=O) groups is 1. The van der Waals surface area contributed by atoms with Gasteiger partial charge in [-0.15, -0.1) is 11.6 Å². The van der Waals surface area contributed by atoms with Gasteiger partial charge in [-0.2, -0.15) is 5.09 Å². The van der Waals surface area contributed by atoms with E-state index in [2.05, 4.69) is 20.0 Å². The number of aromatic nitrogens is 4. The highest BCUT2D eigenvalue weighted by molar-refractivity contribution is 7.52. The lowest BCUT2D eigenvalue weighted by Crippen LogP contribution is -2.48. The Morgan fingerprint density at radius 1 is 1.22 bits per heavy atom. The predicted molar refractivity (Wildman–Crippen MR) is 168 cm³/mol. The number of carbonyl (C=O) groups excluding carboxylic acids is 1. The number of aryl methyl sites for hydroxylation is 1. The zero-order chi connectivity index (χ0) is 32.8. The summed E-state index contributed by atoms with van der Waals surface area (Å²) in [5.74, 6) is 0.270. The molecule has 46 heavy (non-hydrogen) atoms. The lowest BCUT2D eigenvalue weighted by molar-refractivity contribution is -0.149. The molecule has 0 radical (unpaired) electrons. The van der Waals surface area contributed by atoms with Crippen molar-refractivity contribution >= 4 is 42.3 Å². The summed E-state index contributed by atoms with van der Waals surface area (Å²) >= 11 is 6.33. The van der Waals surface area contributed by atoms with Gasteiger partial charge >= 0.3 is 13.7 Å². The van der Waals surface area contributed by atoms with Crippen LogP contribution in [0.2, 0.25) is 0 Å². The number of nitrogens with one attached hydrogen (secondary N) is 1. The minimum atomic E-state index is -4.37. The number of rotatable bonds is 14. The second-order valence-corrected chi connectivity index (χ2v) is 14.4. The molecule has 250 valence electrons. The Labute approximate surface area is 271 Å². The molecule has 1 unspecified atom stereocenters. The molecule has 3 aliphatic rings. The number of halogens is 2. The van der Waals surface area contributed by atoms with Crippen molar-refractivity contribution in [3.8, 4) is 5.75 Å². The van der Waals surface area contributed by atoms with Crippen LogP contribution in [0.3, 0.4) is 0 Å². The summed E-state index contributed by atoms with van der Waals surface area (Å²) in [5.41, 5.74) is -0.987. The van der Waals surface area contributed by atoms with Gasteiger partial charge < -0.3 is 24.0 Å². The number of esters is 1. The highest BCUT2D eigenvalue weighted by Gasteiger charge is 2.57. The first-order valence-electron chi connectivity index (χ1n) is 15.5. The van der Waals surface area contributed by atoms with Crippen molar-refractivity contribution in [2.75, 3.05) is 17.4 Å². The molecule has 2 aromatic heterocycles. The number of nitrogens with zero attached hydrogens (tertiary/aromatic N) is 5. The third-order valence-electron chi connectivity index (χ3n) is 8.11. The summed E-state index contributed by atoms with van der Waals surface area (Å²) in [4.78, 5) is 28.7. The third kappa shape index (κ3) is 6.74. The molecule has 2 aliphatic carbocycles. The van der Waals surface area contributed by atoms with Gasteiger partial charge in [0.2, 0.25) is 0 Å². The molecule has 3 aromatic rings. The standard InChI is InChI=1S/C30H39ClFN6O7P/c1-17(2)43-29(40)18(3)36-46(41,45-22-8-6-5-7-9-22)42-15-30(14-31)25(39)23(32)28(44-30)37-16-33-24-26(37)34-19(4)35-27(24)38(20-10-11-20)21-12-13-21/h5-9,16-18,20-21,23,25,28,39H,10-15H2,1-4H3,(H,36,41)/t18-,23+,25-,28+,30+,46?/m0/s1. The number of ether oxygens (including phenoxy) is 2. The van der Waals surface area contributed by atoms with Crippen molar-refractivity contribution in [1.82, 2.24) is 24.6 Å². The highest BCUT2D eigenvalue weighted by Crippen LogP contribution is 2.49. The molecule has 6 atom stereocenters. The zero-order valence-electron chi connectivity index (χ0n) is 26.1. The summed E-state index contributed by atoms with van der Waals surface area (Å²) in [6.07, 6.45) is 0.154.